The molecule has 0 aliphatic rings. The number of carboxylic acids is 1. The number of carboxylic acid groups (broad SMARTS) is 1. The molecular weight excluding hydrogens is 266 g/mol. The van der Waals surface area contributed by atoms with Gasteiger partial charge in [0.25, 0.3) is 5.56 Å². The van der Waals surface area contributed by atoms with E-state index in [1.165, 1.54) is 24.0 Å². The number of aryl methyl sites for hydroxylation is 2. The first kappa shape index (κ1) is 15.2. The average Bonchev–Trinajstić information content (AvgIpc) is 2.76. The van der Waals surface area contributed by atoms with Crippen molar-refractivity contribution in [2.45, 2.75) is 6.42 Å². The van der Waals surface area contributed by atoms with Crippen LogP contribution in [0.2, 0.25) is 0 Å². The first-order chi connectivity index (χ1) is 9.31. The molecule has 2 aromatic rings. The van der Waals surface area contributed by atoms with Crippen LogP contribution in [0.4, 0.5) is 0 Å². The van der Waals surface area contributed by atoms with Crippen LogP contribution in [0.5, 0.6) is 0 Å². The van der Waals surface area contributed by atoms with Crippen LogP contribution in [0.1, 0.15) is 6.42 Å². The van der Waals surface area contributed by atoms with Crippen LogP contribution in [0, 0.1) is 11.3 Å². The SMILES string of the molecule is Cn1c(=O)c2c(ncn2C)n(C)c1=O.N#CCC(=O)O. The lowest BCUT2D eigenvalue weighted by atomic mass is 10.5. The largest absolute Gasteiger partial charge is 0.480 e. The average molecular weight is 279 g/mol. The maximum Gasteiger partial charge on any atom is 0.332 e. The van der Waals surface area contributed by atoms with E-state index in [0.29, 0.717) is 11.2 Å². The molecule has 0 aliphatic carbocycles. The van der Waals surface area contributed by atoms with E-state index in [2.05, 4.69) is 4.98 Å². The number of fused-ring (bicyclic) bond motifs is 1. The highest BCUT2D eigenvalue weighted by Gasteiger charge is 2.11. The van der Waals surface area contributed by atoms with Gasteiger partial charge >= 0.3 is 11.7 Å². The molecule has 0 saturated heterocycles. The molecular formula is C11H13N5O4. The Kier molecular flexibility index (Phi) is 4.42. The molecule has 1 N–H and O–H groups in total. The van der Waals surface area contributed by atoms with Crippen molar-refractivity contribution in [2.24, 2.45) is 21.1 Å². The summed E-state index contributed by atoms with van der Waals surface area (Å²) in [5, 5.41) is 15.3. The van der Waals surface area contributed by atoms with Crippen molar-refractivity contribution in [1.29, 1.82) is 5.26 Å². The molecule has 0 radical (unpaired) electrons. The standard InChI is InChI=1S/C8H10N4O2.C3H3NO2/c1-10-4-9-6-5(10)7(13)12(3)8(14)11(6)2;4-2-1-3(5)6/h4H,1-3H3;1H2,(H,5,6). The molecule has 106 valence electrons. The second kappa shape index (κ2) is 5.83. The molecule has 0 aromatic carbocycles. The normalized spacial score (nSPS) is 9.70. The van der Waals surface area contributed by atoms with E-state index in [1.807, 2.05) is 0 Å². The number of rotatable bonds is 1. The maximum absolute atomic E-state index is 11.7. The zero-order valence-electron chi connectivity index (χ0n) is 11.2. The molecule has 0 atom stereocenters. The van der Waals surface area contributed by atoms with Gasteiger partial charge in [0.2, 0.25) is 0 Å². The molecule has 0 aliphatic heterocycles. The van der Waals surface area contributed by atoms with Gasteiger partial charge in [0.1, 0.15) is 6.42 Å². The van der Waals surface area contributed by atoms with Gasteiger partial charge in [-0.2, -0.15) is 5.26 Å². The fraction of sp³-hybridized carbons (Fsp3) is 0.364. The Morgan fingerprint density at radius 3 is 2.40 bits per heavy atom. The summed E-state index contributed by atoms with van der Waals surface area (Å²) in [6, 6.07) is 1.47. The molecule has 9 heteroatoms. The van der Waals surface area contributed by atoms with Crippen molar-refractivity contribution in [1.82, 2.24) is 18.7 Å². The third kappa shape index (κ3) is 2.74. The fourth-order valence-electron chi connectivity index (χ4n) is 1.54. The Bertz CT molecular complexity index is 805. The number of hydrogen-bond donors (Lipinski definition) is 1. The summed E-state index contributed by atoms with van der Waals surface area (Å²) in [4.78, 5) is 36.5. The second-order valence-electron chi connectivity index (χ2n) is 3.96. The summed E-state index contributed by atoms with van der Waals surface area (Å²) in [6.45, 7) is 0. The van der Waals surface area contributed by atoms with E-state index in [-0.39, 0.29) is 11.2 Å². The number of nitrogens with zero attached hydrogens (tertiary/aromatic N) is 5. The molecule has 9 nitrogen and oxygen atoms in total. The van der Waals surface area contributed by atoms with Crippen LogP contribution in [0.3, 0.4) is 0 Å². The second-order valence-corrected chi connectivity index (χ2v) is 3.96. The number of aliphatic carboxylic acids is 1. The van der Waals surface area contributed by atoms with Gasteiger partial charge < -0.3 is 9.67 Å². The minimum Gasteiger partial charge on any atom is -0.480 e. The van der Waals surface area contributed by atoms with E-state index in [0.717, 1.165) is 4.57 Å². The molecule has 0 fully saturated rings. The van der Waals surface area contributed by atoms with Crippen molar-refractivity contribution >= 4 is 17.1 Å². The van der Waals surface area contributed by atoms with E-state index >= 15 is 0 Å². The van der Waals surface area contributed by atoms with Gasteiger partial charge in [-0.1, -0.05) is 0 Å². The van der Waals surface area contributed by atoms with Crippen LogP contribution in [-0.2, 0) is 25.9 Å². The first-order valence-corrected chi connectivity index (χ1v) is 5.47. The van der Waals surface area contributed by atoms with Crippen LogP contribution < -0.4 is 11.2 Å². The van der Waals surface area contributed by atoms with Gasteiger partial charge in [0.15, 0.2) is 11.2 Å². The van der Waals surface area contributed by atoms with Crippen LogP contribution in [0.15, 0.2) is 15.9 Å². The number of nitriles is 1. The Hall–Kier alpha value is -2.89. The van der Waals surface area contributed by atoms with Crippen LogP contribution in [-0.4, -0.2) is 29.8 Å². The highest BCUT2D eigenvalue weighted by molar-refractivity contribution is 5.69. The predicted octanol–water partition coefficient (Wildman–Crippen LogP) is -1.04. The predicted molar refractivity (Wildman–Crippen MR) is 69.1 cm³/mol. The molecule has 0 bridgehead atoms. The Labute approximate surface area is 112 Å². The lowest BCUT2D eigenvalue weighted by Crippen LogP contribution is -2.37. The number of imidazole rings is 1. The minimum atomic E-state index is -1.07. The van der Waals surface area contributed by atoms with E-state index in [4.69, 9.17) is 10.4 Å². The Morgan fingerprint density at radius 1 is 1.35 bits per heavy atom. The molecule has 2 aromatic heterocycles. The van der Waals surface area contributed by atoms with E-state index in [1.54, 1.807) is 18.7 Å². The first-order valence-electron chi connectivity index (χ1n) is 5.47. The zero-order valence-corrected chi connectivity index (χ0v) is 11.2. The monoisotopic (exact) mass is 279 g/mol. The molecule has 0 amide bonds. The summed E-state index contributed by atoms with van der Waals surface area (Å²) in [7, 11) is 4.77. The fourth-order valence-corrected chi connectivity index (χ4v) is 1.54. The van der Waals surface area contributed by atoms with Gasteiger partial charge in [-0.3, -0.25) is 18.7 Å². The van der Waals surface area contributed by atoms with Crippen molar-refractivity contribution in [3.05, 3.63) is 27.2 Å². The van der Waals surface area contributed by atoms with Crippen LogP contribution in [0.25, 0.3) is 11.2 Å². The van der Waals surface area contributed by atoms with Gasteiger partial charge in [-0.25, -0.2) is 9.78 Å². The van der Waals surface area contributed by atoms with Gasteiger partial charge in [0.05, 0.1) is 12.4 Å². The van der Waals surface area contributed by atoms with Gasteiger partial charge in [-0.05, 0) is 0 Å². The smallest absolute Gasteiger partial charge is 0.332 e. The van der Waals surface area contributed by atoms with Crippen LogP contribution >= 0.6 is 0 Å². The quantitative estimate of drug-likeness (QED) is 0.711. The summed E-state index contributed by atoms with van der Waals surface area (Å²) >= 11 is 0. The maximum atomic E-state index is 11.7. The Balaban J connectivity index is 0.000000286. The lowest BCUT2D eigenvalue weighted by molar-refractivity contribution is -0.135. The summed E-state index contributed by atoms with van der Waals surface area (Å²) in [6.07, 6.45) is 1.12. The molecule has 0 saturated carbocycles. The topological polar surface area (TPSA) is 123 Å². The van der Waals surface area contributed by atoms with Gasteiger partial charge in [-0.15, -0.1) is 0 Å². The number of carbonyl (C=O) groups is 1. The summed E-state index contributed by atoms with van der Waals surface area (Å²) < 4.78 is 4.04. The van der Waals surface area contributed by atoms with Crippen molar-refractivity contribution < 1.29 is 9.90 Å². The van der Waals surface area contributed by atoms with Crippen molar-refractivity contribution in [2.75, 3.05) is 0 Å². The zero-order chi connectivity index (χ0) is 15.4. The number of aromatic nitrogens is 4. The Morgan fingerprint density at radius 2 is 1.95 bits per heavy atom. The molecule has 2 heterocycles. The van der Waals surface area contributed by atoms with Crippen molar-refractivity contribution in [3.8, 4) is 6.07 Å². The van der Waals surface area contributed by atoms with Crippen molar-refractivity contribution in [3.63, 3.8) is 0 Å². The third-order valence-corrected chi connectivity index (χ3v) is 2.55. The molecule has 20 heavy (non-hydrogen) atoms. The highest BCUT2D eigenvalue weighted by atomic mass is 16.4. The minimum absolute atomic E-state index is 0.317. The van der Waals surface area contributed by atoms with E-state index < -0.39 is 12.4 Å². The summed E-state index contributed by atoms with van der Waals surface area (Å²) in [5.41, 5.74) is 0.180. The lowest BCUT2D eigenvalue weighted by Gasteiger charge is -2.02. The van der Waals surface area contributed by atoms with E-state index in [9.17, 15) is 14.4 Å². The number of hydrogen-bond acceptors (Lipinski definition) is 5. The summed E-state index contributed by atoms with van der Waals surface area (Å²) in [5.74, 6) is -1.07. The van der Waals surface area contributed by atoms with Gasteiger partial charge in [0, 0.05) is 21.1 Å². The molecule has 0 spiro atoms. The molecule has 0 unspecified atom stereocenters. The molecule has 2 rings (SSSR count). The highest BCUT2D eigenvalue weighted by Crippen LogP contribution is 2.01. The third-order valence-electron chi connectivity index (χ3n) is 2.55.